The van der Waals surface area contributed by atoms with Gasteiger partial charge in [0.15, 0.2) is 6.04 Å². The molecule has 4 heteroatoms. The maximum absolute atomic E-state index is 12.0. The topological polar surface area (TPSA) is 41.9 Å². The number of ether oxygens (including phenoxy) is 1. The lowest BCUT2D eigenvalue weighted by Gasteiger charge is -2.21. The molecule has 4 nitrogen and oxygen atoms in total. The normalized spacial score (nSPS) is 17.5. The van der Waals surface area contributed by atoms with E-state index in [9.17, 15) is 4.79 Å². The highest BCUT2D eigenvalue weighted by molar-refractivity contribution is 6.06. The van der Waals surface area contributed by atoms with Crippen molar-refractivity contribution in [2.75, 3.05) is 12.1 Å². The summed E-state index contributed by atoms with van der Waals surface area (Å²) in [6.45, 7) is 0. The predicted molar refractivity (Wildman–Crippen MR) is 82.3 cm³/mol. The van der Waals surface area contributed by atoms with Gasteiger partial charge in [-0.15, -0.1) is 0 Å². The molecule has 0 aromatic heterocycles. The van der Waals surface area contributed by atoms with Crippen molar-refractivity contribution >= 4 is 17.4 Å². The maximum Gasteiger partial charge on any atom is 0.331 e. The predicted octanol–water partition coefficient (Wildman–Crippen LogP) is 2.84. The summed E-state index contributed by atoms with van der Waals surface area (Å²) in [7, 11) is 1.41. The van der Waals surface area contributed by atoms with Gasteiger partial charge in [-0.2, -0.15) is 5.10 Å². The molecule has 0 radical (unpaired) electrons. The monoisotopic (exact) mass is 280 g/mol. The second-order valence-corrected chi connectivity index (χ2v) is 4.84. The quantitative estimate of drug-likeness (QED) is 0.812. The Morgan fingerprint density at radius 3 is 2.33 bits per heavy atom. The van der Waals surface area contributed by atoms with E-state index < -0.39 is 6.04 Å². The van der Waals surface area contributed by atoms with Gasteiger partial charge in [-0.3, -0.25) is 5.01 Å². The van der Waals surface area contributed by atoms with Gasteiger partial charge in [-0.05, 0) is 17.7 Å². The molecule has 0 saturated heterocycles. The van der Waals surface area contributed by atoms with E-state index in [4.69, 9.17) is 4.74 Å². The van der Waals surface area contributed by atoms with Crippen LogP contribution in [-0.2, 0) is 9.53 Å². The van der Waals surface area contributed by atoms with Gasteiger partial charge in [-0.25, -0.2) is 4.79 Å². The van der Waals surface area contributed by atoms with Crippen molar-refractivity contribution in [1.82, 2.24) is 0 Å². The molecule has 1 aliphatic rings. The fraction of sp³-hybridized carbons (Fsp3) is 0.176. The number of benzene rings is 2. The third kappa shape index (κ3) is 2.65. The Hall–Kier alpha value is -2.62. The molecule has 3 rings (SSSR count). The summed E-state index contributed by atoms with van der Waals surface area (Å²) in [5.74, 6) is -0.270. The van der Waals surface area contributed by atoms with Gasteiger partial charge in [0.2, 0.25) is 0 Å². The number of hydrogen-bond donors (Lipinski definition) is 0. The molecule has 0 unspecified atom stereocenters. The highest BCUT2D eigenvalue weighted by Crippen LogP contribution is 2.27. The van der Waals surface area contributed by atoms with E-state index in [0.717, 1.165) is 17.0 Å². The molecule has 0 amide bonds. The largest absolute Gasteiger partial charge is 0.467 e. The minimum Gasteiger partial charge on any atom is -0.467 e. The number of anilines is 1. The second kappa shape index (κ2) is 5.79. The van der Waals surface area contributed by atoms with Gasteiger partial charge in [0, 0.05) is 6.42 Å². The summed E-state index contributed by atoms with van der Waals surface area (Å²) < 4.78 is 4.92. The molecule has 1 heterocycles. The van der Waals surface area contributed by atoms with E-state index in [-0.39, 0.29) is 5.97 Å². The molecule has 0 bridgehead atoms. The zero-order valence-corrected chi connectivity index (χ0v) is 11.8. The molecule has 2 aromatic carbocycles. The van der Waals surface area contributed by atoms with Gasteiger partial charge >= 0.3 is 5.97 Å². The molecule has 0 saturated carbocycles. The minimum atomic E-state index is -0.410. The van der Waals surface area contributed by atoms with E-state index in [1.165, 1.54) is 7.11 Å². The molecule has 0 aliphatic carbocycles. The molecule has 0 spiro atoms. The zero-order valence-electron chi connectivity index (χ0n) is 11.8. The summed E-state index contributed by atoms with van der Waals surface area (Å²) in [6, 6.07) is 19.2. The number of esters is 1. The van der Waals surface area contributed by atoms with Gasteiger partial charge in [0.1, 0.15) is 0 Å². The van der Waals surface area contributed by atoms with Crippen LogP contribution in [0.2, 0.25) is 0 Å². The molecule has 1 aliphatic heterocycles. The number of rotatable bonds is 3. The van der Waals surface area contributed by atoms with E-state index in [1.807, 2.05) is 60.7 Å². The van der Waals surface area contributed by atoms with Crippen LogP contribution in [0.5, 0.6) is 0 Å². The second-order valence-electron chi connectivity index (χ2n) is 4.84. The Labute approximate surface area is 123 Å². The number of hydrazone groups is 1. The molecule has 0 N–H and O–H groups in total. The van der Waals surface area contributed by atoms with Crippen LogP contribution < -0.4 is 5.01 Å². The number of hydrogen-bond acceptors (Lipinski definition) is 4. The fourth-order valence-corrected chi connectivity index (χ4v) is 2.45. The third-order valence-electron chi connectivity index (χ3n) is 3.51. The van der Waals surface area contributed by atoms with E-state index in [1.54, 1.807) is 5.01 Å². The first-order valence-corrected chi connectivity index (χ1v) is 6.84. The Bertz CT molecular complexity index is 653. The lowest BCUT2D eigenvalue weighted by atomic mass is 10.0. The molecule has 2 aromatic rings. The van der Waals surface area contributed by atoms with Crippen LogP contribution in [0.15, 0.2) is 65.8 Å². The van der Waals surface area contributed by atoms with Crippen molar-refractivity contribution in [1.29, 1.82) is 0 Å². The third-order valence-corrected chi connectivity index (χ3v) is 3.51. The molecule has 0 fully saturated rings. The van der Waals surface area contributed by atoms with Crippen molar-refractivity contribution in [3.8, 4) is 0 Å². The lowest BCUT2D eigenvalue weighted by molar-refractivity contribution is -0.141. The van der Waals surface area contributed by atoms with Gasteiger partial charge in [0.25, 0.3) is 0 Å². The minimum absolute atomic E-state index is 0.270. The van der Waals surface area contributed by atoms with Crippen LogP contribution in [0.25, 0.3) is 0 Å². The summed E-state index contributed by atoms with van der Waals surface area (Å²) in [5, 5.41) is 6.37. The molecular weight excluding hydrogens is 264 g/mol. The first-order valence-electron chi connectivity index (χ1n) is 6.84. The van der Waals surface area contributed by atoms with Crippen LogP contribution in [0, 0.1) is 0 Å². The van der Waals surface area contributed by atoms with Crippen LogP contribution in [0.3, 0.4) is 0 Å². The summed E-state index contributed by atoms with van der Waals surface area (Å²) in [6.07, 6.45) is 0.547. The number of para-hydroxylation sites is 1. The molecule has 106 valence electrons. The standard InChI is InChI=1S/C17H16N2O2/c1-21-17(20)16-12-15(13-8-4-2-5-9-13)18-19(16)14-10-6-3-7-11-14/h2-11,16H,12H2,1H3/t16-/m1/s1. The Balaban J connectivity index is 1.97. The molecular formula is C17H16N2O2. The van der Waals surface area contributed by atoms with E-state index >= 15 is 0 Å². The summed E-state index contributed by atoms with van der Waals surface area (Å²) in [4.78, 5) is 12.0. The molecule has 1 atom stereocenters. The number of methoxy groups -OCH3 is 1. The zero-order chi connectivity index (χ0) is 14.7. The smallest absolute Gasteiger partial charge is 0.331 e. The number of nitrogens with zero attached hydrogens (tertiary/aromatic N) is 2. The first-order chi connectivity index (χ1) is 10.3. The van der Waals surface area contributed by atoms with Gasteiger partial charge < -0.3 is 4.74 Å². The van der Waals surface area contributed by atoms with Crippen molar-refractivity contribution in [3.05, 3.63) is 66.2 Å². The van der Waals surface area contributed by atoms with Crippen molar-refractivity contribution in [2.45, 2.75) is 12.5 Å². The van der Waals surface area contributed by atoms with Crippen LogP contribution in [-0.4, -0.2) is 24.8 Å². The van der Waals surface area contributed by atoms with Crippen molar-refractivity contribution in [2.24, 2.45) is 5.10 Å². The van der Waals surface area contributed by atoms with E-state index in [2.05, 4.69) is 5.10 Å². The van der Waals surface area contributed by atoms with Crippen LogP contribution in [0.4, 0.5) is 5.69 Å². The lowest BCUT2D eigenvalue weighted by Crippen LogP contribution is -2.35. The SMILES string of the molecule is COC(=O)[C@H]1CC(c2ccccc2)=NN1c1ccccc1. The summed E-state index contributed by atoms with van der Waals surface area (Å²) >= 11 is 0. The summed E-state index contributed by atoms with van der Waals surface area (Å²) in [5.41, 5.74) is 2.82. The number of carbonyl (C=O) groups excluding carboxylic acids is 1. The highest BCUT2D eigenvalue weighted by Gasteiger charge is 2.34. The Morgan fingerprint density at radius 2 is 1.71 bits per heavy atom. The maximum atomic E-state index is 12.0. The van der Waals surface area contributed by atoms with E-state index in [0.29, 0.717) is 6.42 Å². The van der Waals surface area contributed by atoms with Gasteiger partial charge in [-0.1, -0.05) is 48.5 Å². The molecule has 21 heavy (non-hydrogen) atoms. The van der Waals surface area contributed by atoms with Gasteiger partial charge in [0.05, 0.1) is 18.5 Å². The first kappa shape index (κ1) is 13.4. The number of carbonyl (C=O) groups is 1. The van der Waals surface area contributed by atoms with Crippen LogP contribution >= 0.6 is 0 Å². The fourth-order valence-electron chi connectivity index (χ4n) is 2.45. The Morgan fingerprint density at radius 1 is 1.10 bits per heavy atom. The average molecular weight is 280 g/mol. The van der Waals surface area contributed by atoms with Crippen molar-refractivity contribution < 1.29 is 9.53 Å². The van der Waals surface area contributed by atoms with Crippen molar-refractivity contribution in [3.63, 3.8) is 0 Å². The average Bonchev–Trinajstić information content (AvgIpc) is 3.01. The highest BCUT2D eigenvalue weighted by atomic mass is 16.5. The van der Waals surface area contributed by atoms with Crippen LogP contribution in [0.1, 0.15) is 12.0 Å². The Kier molecular flexibility index (Phi) is 3.69.